The zero-order valence-corrected chi connectivity index (χ0v) is 8.85. The largest absolute Gasteiger partial charge is 0.471 e. The summed E-state index contributed by atoms with van der Waals surface area (Å²) in [7, 11) is 0. The van der Waals surface area contributed by atoms with Crippen molar-refractivity contribution in [2.75, 3.05) is 6.54 Å². The van der Waals surface area contributed by atoms with Gasteiger partial charge in [-0.1, -0.05) is 0 Å². The maximum atomic E-state index is 11.7. The third-order valence-corrected chi connectivity index (χ3v) is 1.97. The van der Waals surface area contributed by atoms with Gasteiger partial charge in [0.25, 0.3) is 0 Å². The highest BCUT2D eigenvalue weighted by Crippen LogP contribution is 2.14. The molecule has 6 nitrogen and oxygen atoms in total. The van der Waals surface area contributed by atoms with Crippen molar-refractivity contribution in [2.24, 2.45) is 0 Å². The standard InChI is InChI=1S/C8H14F3NO5/c1-3(13)5(15)6(16)4(14)2-12-7(17)8(9,10)11/h3-6,13-16H,2H2,1H3,(H,12,17)/t3-,4-,5-,6-/m0/s1. The monoisotopic (exact) mass is 261 g/mol. The van der Waals surface area contributed by atoms with Gasteiger partial charge in [0.1, 0.15) is 12.2 Å². The smallest absolute Gasteiger partial charge is 0.391 e. The van der Waals surface area contributed by atoms with Crippen LogP contribution in [0.1, 0.15) is 6.92 Å². The minimum absolute atomic E-state index is 0.900. The summed E-state index contributed by atoms with van der Waals surface area (Å²) in [5.41, 5.74) is 0. The van der Waals surface area contributed by atoms with Crippen LogP contribution in [0.5, 0.6) is 0 Å². The van der Waals surface area contributed by atoms with Crippen molar-refractivity contribution in [3.05, 3.63) is 0 Å². The zero-order chi connectivity index (χ0) is 13.8. The zero-order valence-electron chi connectivity index (χ0n) is 8.85. The highest BCUT2D eigenvalue weighted by atomic mass is 19.4. The van der Waals surface area contributed by atoms with E-state index in [1.54, 1.807) is 0 Å². The summed E-state index contributed by atoms with van der Waals surface area (Å²) in [5, 5.41) is 37.6. The molecule has 4 atom stereocenters. The fourth-order valence-corrected chi connectivity index (χ4v) is 0.931. The number of rotatable bonds is 5. The Bertz CT molecular complexity index is 258. The van der Waals surface area contributed by atoms with Crippen molar-refractivity contribution in [2.45, 2.75) is 37.5 Å². The van der Waals surface area contributed by atoms with E-state index in [0.29, 0.717) is 0 Å². The lowest BCUT2D eigenvalue weighted by Gasteiger charge is -2.24. The number of hydrogen-bond acceptors (Lipinski definition) is 5. The quantitative estimate of drug-likeness (QED) is 0.398. The molecule has 0 fully saturated rings. The molecular formula is C8H14F3NO5. The van der Waals surface area contributed by atoms with E-state index in [1.807, 2.05) is 0 Å². The number of carbonyl (C=O) groups excluding carboxylic acids is 1. The predicted octanol–water partition coefficient (Wildman–Crippen LogP) is -1.87. The second kappa shape index (κ2) is 6.15. The molecule has 1 amide bonds. The molecule has 5 N–H and O–H groups in total. The number of alkyl halides is 3. The Labute approximate surface area is 94.7 Å². The molecule has 0 rings (SSSR count). The maximum Gasteiger partial charge on any atom is 0.471 e. The number of carbonyl (C=O) groups is 1. The van der Waals surface area contributed by atoms with Crippen LogP contribution in [0, 0.1) is 0 Å². The molecule has 102 valence electrons. The van der Waals surface area contributed by atoms with Crippen LogP contribution in [0.4, 0.5) is 13.2 Å². The van der Waals surface area contributed by atoms with Gasteiger partial charge >= 0.3 is 12.1 Å². The minimum Gasteiger partial charge on any atom is -0.391 e. The van der Waals surface area contributed by atoms with Gasteiger partial charge in [0.05, 0.1) is 12.2 Å². The maximum absolute atomic E-state index is 11.7. The Morgan fingerprint density at radius 3 is 2.00 bits per heavy atom. The Morgan fingerprint density at radius 1 is 1.18 bits per heavy atom. The summed E-state index contributed by atoms with van der Waals surface area (Å²) in [6, 6.07) is 0. The van der Waals surface area contributed by atoms with E-state index in [9.17, 15) is 23.1 Å². The fraction of sp³-hybridized carbons (Fsp3) is 0.875. The first kappa shape index (κ1) is 16.1. The molecule has 0 bridgehead atoms. The molecule has 0 aliphatic heterocycles. The van der Waals surface area contributed by atoms with Crippen molar-refractivity contribution in [1.82, 2.24) is 5.32 Å². The number of amides is 1. The van der Waals surface area contributed by atoms with E-state index in [0.717, 1.165) is 6.92 Å². The molecule has 0 aromatic heterocycles. The van der Waals surface area contributed by atoms with Crippen molar-refractivity contribution in [3.8, 4) is 0 Å². The van der Waals surface area contributed by atoms with Crippen LogP contribution in [-0.2, 0) is 4.79 Å². The van der Waals surface area contributed by atoms with Crippen molar-refractivity contribution < 1.29 is 38.4 Å². The summed E-state index contributed by atoms with van der Waals surface area (Å²) in [4.78, 5) is 10.4. The number of aliphatic hydroxyl groups excluding tert-OH is 4. The van der Waals surface area contributed by atoms with Crippen molar-refractivity contribution >= 4 is 5.91 Å². The second-order valence-electron chi connectivity index (χ2n) is 3.50. The molecule has 0 aromatic carbocycles. The van der Waals surface area contributed by atoms with Gasteiger partial charge in [-0.05, 0) is 6.92 Å². The van der Waals surface area contributed by atoms with Crippen molar-refractivity contribution in [3.63, 3.8) is 0 Å². The number of nitrogens with one attached hydrogen (secondary N) is 1. The topological polar surface area (TPSA) is 110 Å². The van der Waals surface area contributed by atoms with Crippen molar-refractivity contribution in [1.29, 1.82) is 0 Å². The van der Waals surface area contributed by atoms with Crippen LogP contribution in [0.3, 0.4) is 0 Å². The third-order valence-electron chi connectivity index (χ3n) is 1.97. The van der Waals surface area contributed by atoms with Crippen LogP contribution in [0.15, 0.2) is 0 Å². The summed E-state index contributed by atoms with van der Waals surface area (Å²) in [6.45, 7) is 0.220. The van der Waals surface area contributed by atoms with Crippen LogP contribution in [0.2, 0.25) is 0 Å². The van der Waals surface area contributed by atoms with E-state index < -0.39 is 43.0 Å². The highest BCUT2D eigenvalue weighted by Gasteiger charge is 2.39. The van der Waals surface area contributed by atoms with Gasteiger partial charge in [0.15, 0.2) is 0 Å². The molecule has 0 aliphatic carbocycles. The van der Waals surface area contributed by atoms with Crippen LogP contribution >= 0.6 is 0 Å². The lowest BCUT2D eigenvalue weighted by molar-refractivity contribution is -0.174. The van der Waals surface area contributed by atoms with E-state index in [-0.39, 0.29) is 0 Å². The average Bonchev–Trinajstić information content (AvgIpc) is 2.21. The van der Waals surface area contributed by atoms with Crippen LogP contribution in [0.25, 0.3) is 0 Å². The van der Waals surface area contributed by atoms with Gasteiger partial charge in [-0.25, -0.2) is 0 Å². The normalized spacial score (nSPS) is 19.3. The highest BCUT2D eigenvalue weighted by molar-refractivity contribution is 5.81. The van der Waals surface area contributed by atoms with Crippen LogP contribution < -0.4 is 5.32 Å². The van der Waals surface area contributed by atoms with Gasteiger partial charge in [-0.2, -0.15) is 13.2 Å². The molecule has 0 saturated carbocycles. The fourth-order valence-electron chi connectivity index (χ4n) is 0.931. The summed E-state index contributed by atoms with van der Waals surface area (Å²) < 4.78 is 35.2. The molecule has 0 aromatic rings. The second-order valence-corrected chi connectivity index (χ2v) is 3.50. The molecule has 17 heavy (non-hydrogen) atoms. The Hall–Kier alpha value is -0.900. The van der Waals surface area contributed by atoms with E-state index in [4.69, 9.17) is 15.3 Å². The molecule has 0 heterocycles. The molecule has 0 spiro atoms. The first-order valence-electron chi connectivity index (χ1n) is 4.64. The van der Waals surface area contributed by atoms with Gasteiger partial charge < -0.3 is 25.7 Å². The Kier molecular flexibility index (Phi) is 5.82. The number of hydrogen-bond donors (Lipinski definition) is 5. The van der Waals surface area contributed by atoms with Gasteiger partial charge in [0, 0.05) is 6.54 Å². The minimum atomic E-state index is -5.09. The predicted molar refractivity (Wildman–Crippen MR) is 48.8 cm³/mol. The van der Waals surface area contributed by atoms with Crippen LogP contribution in [-0.4, -0.2) is 63.5 Å². The molecular weight excluding hydrogens is 247 g/mol. The van der Waals surface area contributed by atoms with E-state index >= 15 is 0 Å². The lowest BCUT2D eigenvalue weighted by Crippen LogP contribution is -2.49. The molecule has 0 radical (unpaired) electrons. The summed E-state index contributed by atoms with van der Waals surface area (Å²) in [5.74, 6) is -2.27. The summed E-state index contributed by atoms with van der Waals surface area (Å²) in [6.07, 6.45) is -11.9. The van der Waals surface area contributed by atoms with Gasteiger partial charge in [0.2, 0.25) is 0 Å². The number of aliphatic hydroxyl groups is 4. The Morgan fingerprint density at radius 2 is 1.65 bits per heavy atom. The lowest BCUT2D eigenvalue weighted by atomic mass is 10.0. The average molecular weight is 261 g/mol. The Balaban J connectivity index is 4.19. The van der Waals surface area contributed by atoms with E-state index in [1.165, 1.54) is 5.32 Å². The molecule has 0 saturated heterocycles. The van der Waals surface area contributed by atoms with Gasteiger partial charge in [-0.15, -0.1) is 0 Å². The molecule has 9 heteroatoms. The van der Waals surface area contributed by atoms with E-state index in [2.05, 4.69) is 0 Å². The molecule has 0 aliphatic rings. The summed E-state index contributed by atoms with van der Waals surface area (Å²) >= 11 is 0. The van der Waals surface area contributed by atoms with Gasteiger partial charge in [-0.3, -0.25) is 4.79 Å². The SMILES string of the molecule is C[C@H](O)[C@H](O)[C@@H](O)[C@@H](O)CNC(=O)C(F)(F)F. The molecule has 0 unspecified atom stereocenters. The number of halogens is 3. The first-order chi connectivity index (χ1) is 7.57. The first-order valence-corrected chi connectivity index (χ1v) is 4.64. The third kappa shape index (κ3) is 5.31.